The van der Waals surface area contributed by atoms with E-state index in [9.17, 15) is 4.79 Å². The van der Waals surface area contributed by atoms with Crippen molar-refractivity contribution in [1.82, 2.24) is 0 Å². The maximum absolute atomic E-state index is 11.4. The molecule has 0 N–H and O–H groups in total. The van der Waals surface area contributed by atoms with Crippen molar-refractivity contribution in [3.05, 3.63) is 12.2 Å². The van der Waals surface area contributed by atoms with Gasteiger partial charge in [-0.15, -0.1) is 0 Å². The van der Waals surface area contributed by atoms with Crippen LogP contribution in [-0.4, -0.2) is 44.2 Å². The fourth-order valence-corrected chi connectivity index (χ4v) is 14.7. The summed E-state index contributed by atoms with van der Waals surface area (Å²) in [6.07, 6.45) is 0.862. The second kappa shape index (κ2) is 8.70. The van der Waals surface area contributed by atoms with Crippen LogP contribution in [0.1, 0.15) is 13.3 Å². The van der Waals surface area contributed by atoms with Crippen LogP contribution in [0.15, 0.2) is 12.2 Å². The summed E-state index contributed by atoms with van der Waals surface area (Å²) in [5, 5.41) is 0. The highest BCUT2D eigenvalue weighted by atomic mass is 28.5. The first-order valence-corrected chi connectivity index (χ1v) is 17.2. The first-order chi connectivity index (χ1) is 9.74. The molecule has 0 aromatic heterocycles. The summed E-state index contributed by atoms with van der Waals surface area (Å²) in [7, 11) is -5.46. The molecule has 0 saturated heterocycles. The molecule has 0 aliphatic heterocycles. The van der Waals surface area contributed by atoms with Gasteiger partial charge in [0.25, 0.3) is 0 Å². The minimum Gasteiger partial charge on any atom is -0.437 e. The van der Waals surface area contributed by atoms with Gasteiger partial charge < -0.3 is 13.0 Å². The maximum Gasteiger partial charge on any atom is 0.314 e. The van der Waals surface area contributed by atoms with Crippen LogP contribution >= 0.6 is 0 Å². The van der Waals surface area contributed by atoms with Gasteiger partial charge in [0.2, 0.25) is 0 Å². The monoisotopic (exact) mass is 362 g/mol. The quantitative estimate of drug-likeness (QED) is 0.312. The van der Waals surface area contributed by atoms with Gasteiger partial charge in [-0.1, -0.05) is 6.58 Å². The van der Waals surface area contributed by atoms with Gasteiger partial charge in [-0.25, -0.2) is 0 Å². The fourth-order valence-electron chi connectivity index (χ4n) is 2.20. The Morgan fingerprint density at radius 2 is 1.41 bits per heavy atom. The Labute approximate surface area is 139 Å². The summed E-state index contributed by atoms with van der Waals surface area (Å²) in [4.78, 5) is 11.4. The molecule has 0 aliphatic rings. The normalized spacial score (nSPS) is 13.3. The molecular weight excluding hydrogens is 328 g/mol. The summed E-state index contributed by atoms with van der Waals surface area (Å²) in [6.45, 7) is 21.4. The highest BCUT2D eigenvalue weighted by Crippen LogP contribution is 2.25. The number of carbonyl (C=O) groups excluding carboxylic acids is 1. The third kappa shape index (κ3) is 11.5. The SMILES string of the molecule is C=C(C)C(=O)COCCC[Si](C)(O[Si](C)(C)C)O[Si](C)(C)C. The number of ketones is 1. The second-order valence-corrected chi connectivity index (χ2v) is 20.8. The lowest BCUT2D eigenvalue weighted by Crippen LogP contribution is -2.52. The Kier molecular flexibility index (Phi) is 8.67. The predicted octanol–water partition coefficient (Wildman–Crippen LogP) is 4.31. The number of carbonyl (C=O) groups is 1. The molecule has 0 radical (unpaired) electrons. The van der Waals surface area contributed by atoms with E-state index in [0.717, 1.165) is 12.5 Å². The lowest BCUT2D eigenvalue weighted by molar-refractivity contribution is -0.119. The van der Waals surface area contributed by atoms with Crippen LogP contribution in [0.2, 0.25) is 51.9 Å². The summed E-state index contributed by atoms with van der Waals surface area (Å²) >= 11 is 0. The minimum absolute atomic E-state index is 0.0308. The summed E-state index contributed by atoms with van der Waals surface area (Å²) in [6, 6.07) is 0.906. The van der Waals surface area contributed by atoms with Gasteiger partial charge in [-0.3, -0.25) is 4.79 Å². The number of Topliss-reactive ketones (excluding diaryl/α,β-unsaturated/α-hetero) is 1. The molecule has 22 heavy (non-hydrogen) atoms. The van der Waals surface area contributed by atoms with E-state index in [2.05, 4.69) is 52.4 Å². The Morgan fingerprint density at radius 1 is 0.955 bits per heavy atom. The number of ether oxygens (including phenoxy) is 1. The molecule has 0 atom stereocenters. The average molecular weight is 363 g/mol. The summed E-state index contributed by atoms with van der Waals surface area (Å²) in [5.74, 6) is -0.0308. The third-order valence-electron chi connectivity index (χ3n) is 2.67. The Balaban J connectivity index is 4.42. The van der Waals surface area contributed by atoms with Gasteiger partial charge in [0, 0.05) is 6.61 Å². The zero-order valence-electron chi connectivity index (χ0n) is 15.7. The molecule has 7 heteroatoms. The molecule has 0 saturated carbocycles. The molecule has 0 unspecified atom stereocenters. The van der Waals surface area contributed by atoms with E-state index >= 15 is 0 Å². The van der Waals surface area contributed by atoms with E-state index in [1.165, 1.54) is 0 Å². The zero-order valence-corrected chi connectivity index (χ0v) is 18.7. The molecular formula is C15H34O4Si3. The van der Waals surface area contributed by atoms with Crippen LogP contribution in [0, 0.1) is 0 Å². The molecule has 0 heterocycles. The molecule has 0 bridgehead atoms. The van der Waals surface area contributed by atoms with Gasteiger partial charge in [0.05, 0.1) is 0 Å². The fraction of sp³-hybridized carbons (Fsp3) is 0.800. The van der Waals surface area contributed by atoms with E-state index in [1.807, 2.05) is 0 Å². The molecule has 0 amide bonds. The van der Waals surface area contributed by atoms with Crippen molar-refractivity contribution in [3.63, 3.8) is 0 Å². The molecule has 0 spiro atoms. The van der Waals surface area contributed by atoms with Gasteiger partial charge in [0.1, 0.15) is 6.61 Å². The van der Waals surface area contributed by atoms with Gasteiger partial charge in [0.15, 0.2) is 22.4 Å². The predicted molar refractivity (Wildman–Crippen MR) is 101 cm³/mol. The van der Waals surface area contributed by atoms with Crippen LogP contribution < -0.4 is 0 Å². The lowest BCUT2D eigenvalue weighted by Gasteiger charge is -2.38. The van der Waals surface area contributed by atoms with Crippen molar-refractivity contribution in [2.24, 2.45) is 0 Å². The first-order valence-electron chi connectivity index (χ1n) is 7.91. The number of hydrogen-bond donors (Lipinski definition) is 0. The molecule has 0 aromatic rings. The first kappa shape index (κ1) is 21.9. The van der Waals surface area contributed by atoms with Gasteiger partial charge in [-0.2, -0.15) is 0 Å². The van der Waals surface area contributed by atoms with Gasteiger partial charge in [-0.05, 0) is 70.8 Å². The van der Waals surface area contributed by atoms with Crippen molar-refractivity contribution in [1.29, 1.82) is 0 Å². The van der Waals surface area contributed by atoms with Crippen LogP contribution in [-0.2, 0) is 17.8 Å². The smallest absolute Gasteiger partial charge is 0.314 e. The van der Waals surface area contributed by atoms with Crippen LogP contribution in [0.4, 0.5) is 0 Å². The van der Waals surface area contributed by atoms with E-state index in [0.29, 0.717) is 12.2 Å². The minimum atomic E-state index is -2.18. The highest BCUT2D eigenvalue weighted by molar-refractivity contribution is 6.87. The van der Waals surface area contributed by atoms with Crippen molar-refractivity contribution in [3.8, 4) is 0 Å². The summed E-state index contributed by atoms with van der Waals surface area (Å²) < 4.78 is 18.3. The Morgan fingerprint density at radius 3 is 1.77 bits per heavy atom. The van der Waals surface area contributed by atoms with E-state index < -0.39 is 25.2 Å². The van der Waals surface area contributed by atoms with E-state index in [1.54, 1.807) is 6.92 Å². The van der Waals surface area contributed by atoms with Crippen molar-refractivity contribution < 1.29 is 17.8 Å². The maximum atomic E-state index is 11.4. The van der Waals surface area contributed by atoms with Crippen LogP contribution in [0.25, 0.3) is 0 Å². The number of rotatable bonds is 11. The van der Waals surface area contributed by atoms with E-state index in [-0.39, 0.29) is 12.4 Å². The molecule has 0 aromatic carbocycles. The van der Waals surface area contributed by atoms with Crippen molar-refractivity contribution in [2.75, 3.05) is 13.2 Å². The van der Waals surface area contributed by atoms with Crippen LogP contribution in [0.3, 0.4) is 0 Å². The van der Waals surface area contributed by atoms with Gasteiger partial charge >= 0.3 is 8.56 Å². The third-order valence-corrected chi connectivity index (χ3v) is 12.3. The van der Waals surface area contributed by atoms with Crippen molar-refractivity contribution in [2.45, 2.75) is 65.2 Å². The van der Waals surface area contributed by atoms with E-state index in [4.69, 9.17) is 13.0 Å². The molecule has 4 nitrogen and oxygen atoms in total. The lowest BCUT2D eigenvalue weighted by atomic mass is 10.2. The molecule has 0 rings (SSSR count). The van der Waals surface area contributed by atoms with Crippen LogP contribution in [0.5, 0.6) is 0 Å². The number of hydrogen-bond acceptors (Lipinski definition) is 4. The standard InChI is InChI=1S/C15H34O4Si3/c1-14(2)15(16)13-17-11-10-12-22(9,18-20(3,4)5)19-21(6,7)8/h1,10-13H2,2-9H3. The zero-order chi connectivity index (χ0) is 17.6. The largest absolute Gasteiger partial charge is 0.437 e. The Hall–Kier alpha value is -0.0594. The average Bonchev–Trinajstić information content (AvgIpc) is 2.22. The Bertz CT molecular complexity index is 367. The second-order valence-electron chi connectivity index (χ2n) is 7.92. The molecule has 0 aliphatic carbocycles. The molecule has 0 fully saturated rings. The topological polar surface area (TPSA) is 44.8 Å². The molecule has 130 valence electrons. The highest BCUT2D eigenvalue weighted by Gasteiger charge is 2.39. The summed E-state index contributed by atoms with van der Waals surface area (Å²) in [5.41, 5.74) is 0.545. The van der Waals surface area contributed by atoms with Crippen molar-refractivity contribution >= 4 is 31.0 Å².